The monoisotopic (exact) mass is 329 g/mol. The Morgan fingerprint density at radius 1 is 1.12 bits per heavy atom. The summed E-state index contributed by atoms with van der Waals surface area (Å²) < 4.78 is 16.0. The maximum absolute atomic E-state index is 12.6. The average molecular weight is 329 g/mol. The lowest BCUT2D eigenvalue weighted by atomic mass is 10.1. The maximum atomic E-state index is 12.6. The summed E-state index contributed by atoms with van der Waals surface area (Å²) in [7, 11) is 4.72. The first-order valence-electron chi connectivity index (χ1n) is 8.15. The molecule has 0 aliphatic carbocycles. The molecule has 2 unspecified atom stereocenters. The van der Waals surface area contributed by atoms with Crippen molar-refractivity contribution in [3.63, 3.8) is 0 Å². The van der Waals surface area contributed by atoms with E-state index >= 15 is 0 Å². The molecule has 2 aliphatic heterocycles. The number of carbonyl (C=O) groups is 1. The summed E-state index contributed by atoms with van der Waals surface area (Å²) >= 11 is 0. The molecule has 1 fully saturated rings. The number of ether oxygens (including phenoxy) is 3. The van der Waals surface area contributed by atoms with Crippen LogP contribution in [-0.2, 0) is 4.79 Å². The van der Waals surface area contributed by atoms with Crippen molar-refractivity contribution >= 4 is 12.0 Å². The van der Waals surface area contributed by atoms with Crippen molar-refractivity contribution in [1.29, 1.82) is 0 Å². The molecule has 5 heteroatoms. The first-order valence-corrected chi connectivity index (χ1v) is 8.15. The molecule has 2 aliphatic rings. The van der Waals surface area contributed by atoms with Crippen molar-refractivity contribution in [2.24, 2.45) is 0 Å². The van der Waals surface area contributed by atoms with Crippen LogP contribution in [0.1, 0.15) is 24.8 Å². The van der Waals surface area contributed by atoms with Crippen LogP contribution in [-0.4, -0.2) is 44.2 Å². The number of methoxy groups -OCH3 is 3. The highest BCUT2D eigenvalue weighted by molar-refractivity contribution is 5.93. The van der Waals surface area contributed by atoms with Gasteiger partial charge in [-0.25, -0.2) is 0 Å². The van der Waals surface area contributed by atoms with Crippen molar-refractivity contribution in [1.82, 2.24) is 4.90 Å². The minimum Gasteiger partial charge on any atom is -0.493 e. The lowest BCUT2D eigenvalue weighted by Crippen LogP contribution is -2.41. The van der Waals surface area contributed by atoms with E-state index in [2.05, 4.69) is 12.2 Å². The van der Waals surface area contributed by atoms with Crippen LogP contribution >= 0.6 is 0 Å². The van der Waals surface area contributed by atoms with Crippen molar-refractivity contribution < 1.29 is 19.0 Å². The lowest BCUT2D eigenvalue weighted by Gasteiger charge is -2.30. The van der Waals surface area contributed by atoms with Gasteiger partial charge >= 0.3 is 0 Å². The Morgan fingerprint density at radius 3 is 2.42 bits per heavy atom. The Morgan fingerprint density at radius 2 is 1.83 bits per heavy atom. The van der Waals surface area contributed by atoms with Crippen LogP contribution in [0.2, 0.25) is 0 Å². The minimum atomic E-state index is 0.0561. The number of amides is 1. The van der Waals surface area contributed by atoms with E-state index in [4.69, 9.17) is 14.2 Å². The van der Waals surface area contributed by atoms with Crippen molar-refractivity contribution in [3.05, 3.63) is 35.9 Å². The van der Waals surface area contributed by atoms with Gasteiger partial charge in [-0.2, -0.15) is 0 Å². The van der Waals surface area contributed by atoms with E-state index in [1.165, 1.54) is 0 Å². The van der Waals surface area contributed by atoms with E-state index < -0.39 is 0 Å². The number of nitrogens with zero attached hydrogens (tertiary/aromatic N) is 1. The highest BCUT2D eigenvalue weighted by atomic mass is 16.5. The topological polar surface area (TPSA) is 48.0 Å². The molecule has 2 atom stereocenters. The standard InChI is InChI=1S/C19H23NO4/c1-22-16-11-13(12-17(23-2)19(16)24-3)7-10-18(21)20-14-5-4-6-15(20)9-8-14/h4-5,7,10-12,14-15H,6,8-9H2,1-3H3/b10-7+. The summed E-state index contributed by atoms with van der Waals surface area (Å²) in [4.78, 5) is 14.6. The normalized spacial score (nSPS) is 22.0. The Hall–Kier alpha value is -2.43. The molecule has 2 heterocycles. The Balaban J connectivity index is 1.81. The number of hydrogen-bond acceptors (Lipinski definition) is 4. The number of rotatable bonds is 5. The number of benzene rings is 1. The number of hydrogen-bond donors (Lipinski definition) is 0. The zero-order valence-corrected chi connectivity index (χ0v) is 14.3. The lowest BCUT2D eigenvalue weighted by molar-refractivity contribution is -0.128. The molecule has 0 spiro atoms. The highest BCUT2D eigenvalue weighted by Gasteiger charge is 2.35. The first-order chi connectivity index (χ1) is 11.7. The zero-order valence-electron chi connectivity index (χ0n) is 14.3. The summed E-state index contributed by atoms with van der Waals surface area (Å²) in [5, 5.41) is 0. The maximum Gasteiger partial charge on any atom is 0.247 e. The van der Waals surface area contributed by atoms with Gasteiger partial charge in [0.25, 0.3) is 0 Å². The molecule has 1 saturated heterocycles. The van der Waals surface area contributed by atoms with E-state index in [0.717, 1.165) is 24.8 Å². The molecule has 5 nitrogen and oxygen atoms in total. The van der Waals surface area contributed by atoms with Gasteiger partial charge in [0.05, 0.1) is 27.4 Å². The largest absolute Gasteiger partial charge is 0.493 e. The second-order valence-corrected chi connectivity index (χ2v) is 6.00. The number of carbonyl (C=O) groups excluding carboxylic acids is 1. The molecular weight excluding hydrogens is 306 g/mol. The van der Waals surface area contributed by atoms with Crippen molar-refractivity contribution in [2.75, 3.05) is 21.3 Å². The summed E-state index contributed by atoms with van der Waals surface area (Å²) in [5.74, 6) is 1.75. The Kier molecular flexibility index (Phi) is 4.79. The van der Waals surface area contributed by atoms with Gasteiger partial charge in [-0.1, -0.05) is 12.2 Å². The summed E-state index contributed by atoms with van der Waals surface area (Å²) in [5.41, 5.74) is 0.831. The molecule has 1 amide bonds. The molecular formula is C19H23NO4. The summed E-state index contributed by atoms with van der Waals surface area (Å²) in [6.07, 6.45) is 10.9. The van der Waals surface area contributed by atoms with Gasteiger partial charge in [0.2, 0.25) is 11.7 Å². The van der Waals surface area contributed by atoms with Crippen molar-refractivity contribution in [2.45, 2.75) is 31.3 Å². The van der Waals surface area contributed by atoms with Gasteiger partial charge < -0.3 is 19.1 Å². The molecule has 1 aromatic rings. The predicted molar refractivity (Wildman–Crippen MR) is 92.5 cm³/mol. The third kappa shape index (κ3) is 2.98. The zero-order chi connectivity index (χ0) is 17.1. The fourth-order valence-corrected chi connectivity index (χ4v) is 3.52. The Bertz CT molecular complexity index is 655. The van der Waals surface area contributed by atoms with E-state index in [0.29, 0.717) is 23.3 Å². The molecule has 0 N–H and O–H groups in total. The molecule has 128 valence electrons. The molecule has 0 saturated carbocycles. The molecule has 2 bridgehead atoms. The SMILES string of the molecule is COc1cc(/C=C/C(=O)N2C3C=CCC2CC3)cc(OC)c1OC. The van der Waals surface area contributed by atoms with Gasteiger partial charge in [-0.3, -0.25) is 4.79 Å². The van der Waals surface area contributed by atoms with Crippen LogP contribution in [0.5, 0.6) is 17.2 Å². The van der Waals surface area contributed by atoms with Crippen LogP contribution in [0.15, 0.2) is 30.4 Å². The fraction of sp³-hybridized carbons (Fsp3) is 0.421. The van der Waals surface area contributed by atoms with Crippen LogP contribution in [0.4, 0.5) is 0 Å². The molecule has 0 aromatic heterocycles. The first kappa shape index (κ1) is 16.4. The van der Waals surface area contributed by atoms with Gasteiger partial charge in [-0.15, -0.1) is 0 Å². The smallest absolute Gasteiger partial charge is 0.247 e. The summed E-state index contributed by atoms with van der Waals surface area (Å²) in [6, 6.07) is 4.25. The third-order valence-electron chi connectivity index (χ3n) is 4.67. The Labute approximate surface area is 142 Å². The quantitative estimate of drug-likeness (QED) is 0.615. The van der Waals surface area contributed by atoms with Gasteiger partial charge in [0.1, 0.15) is 0 Å². The van der Waals surface area contributed by atoms with E-state index in [1.54, 1.807) is 33.5 Å². The minimum absolute atomic E-state index is 0.0561. The van der Waals surface area contributed by atoms with Crippen LogP contribution < -0.4 is 14.2 Å². The predicted octanol–water partition coefficient (Wildman–Crippen LogP) is 3.05. The van der Waals surface area contributed by atoms with Crippen LogP contribution in [0, 0.1) is 0 Å². The molecule has 24 heavy (non-hydrogen) atoms. The second kappa shape index (κ2) is 6.99. The van der Waals surface area contributed by atoms with Gasteiger partial charge in [0, 0.05) is 12.1 Å². The van der Waals surface area contributed by atoms with E-state index in [-0.39, 0.29) is 11.9 Å². The van der Waals surface area contributed by atoms with Crippen LogP contribution in [0.3, 0.4) is 0 Å². The highest BCUT2D eigenvalue weighted by Crippen LogP contribution is 2.38. The van der Waals surface area contributed by atoms with Crippen molar-refractivity contribution in [3.8, 4) is 17.2 Å². The van der Waals surface area contributed by atoms with Gasteiger partial charge in [-0.05, 0) is 43.0 Å². The molecule has 1 aromatic carbocycles. The third-order valence-corrected chi connectivity index (χ3v) is 4.67. The fourth-order valence-electron chi connectivity index (χ4n) is 3.52. The van der Waals surface area contributed by atoms with Gasteiger partial charge in [0.15, 0.2) is 11.5 Å². The second-order valence-electron chi connectivity index (χ2n) is 6.00. The molecule has 3 rings (SSSR count). The molecule has 0 radical (unpaired) electrons. The van der Waals surface area contributed by atoms with Crippen LogP contribution in [0.25, 0.3) is 6.08 Å². The summed E-state index contributed by atoms with van der Waals surface area (Å²) in [6.45, 7) is 0. The van der Waals surface area contributed by atoms with E-state index in [1.807, 2.05) is 17.0 Å². The average Bonchev–Trinajstić information content (AvgIpc) is 2.87. The number of fused-ring (bicyclic) bond motifs is 2. The van der Waals surface area contributed by atoms with E-state index in [9.17, 15) is 4.79 Å².